The number of phenols is 1. The highest BCUT2D eigenvalue weighted by molar-refractivity contribution is 5.41. The van der Waals surface area contributed by atoms with Crippen molar-refractivity contribution < 1.29 is 10.2 Å². The van der Waals surface area contributed by atoms with Gasteiger partial charge in [-0.1, -0.05) is 65.5 Å². The molecule has 0 heterocycles. The summed E-state index contributed by atoms with van der Waals surface area (Å²) in [5, 5.41) is 20.6. The number of hydrogen-bond donors (Lipinski definition) is 2. The van der Waals surface area contributed by atoms with Gasteiger partial charge in [-0.25, -0.2) is 0 Å². The average molecular weight is 333 g/mol. The van der Waals surface area contributed by atoms with E-state index in [9.17, 15) is 10.2 Å². The van der Waals surface area contributed by atoms with Gasteiger partial charge < -0.3 is 10.2 Å². The van der Waals surface area contributed by atoms with Gasteiger partial charge in [-0.05, 0) is 60.1 Å². The quantitative estimate of drug-likeness (QED) is 0.610. The van der Waals surface area contributed by atoms with Crippen molar-refractivity contribution in [2.75, 3.05) is 0 Å². The van der Waals surface area contributed by atoms with Gasteiger partial charge in [0.05, 0.1) is 6.10 Å². The van der Waals surface area contributed by atoms with E-state index in [1.807, 2.05) is 6.07 Å². The van der Waals surface area contributed by atoms with Crippen LogP contribution in [-0.2, 0) is 5.41 Å². The number of aliphatic hydroxyl groups is 1. The zero-order chi connectivity index (χ0) is 17.7. The summed E-state index contributed by atoms with van der Waals surface area (Å²) in [6, 6.07) is 6.28. The van der Waals surface area contributed by atoms with Gasteiger partial charge in [0.2, 0.25) is 0 Å². The smallest absolute Gasteiger partial charge is 0.119 e. The molecule has 24 heavy (non-hydrogen) atoms. The van der Waals surface area contributed by atoms with Crippen molar-refractivity contribution in [3.63, 3.8) is 0 Å². The Morgan fingerprint density at radius 1 is 1.12 bits per heavy atom. The number of aliphatic hydroxyl groups excluding tert-OH is 1. The van der Waals surface area contributed by atoms with Gasteiger partial charge in [-0.15, -0.1) is 0 Å². The van der Waals surface area contributed by atoms with Crippen LogP contribution in [0.15, 0.2) is 18.2 Å². The van der Waals surface area contributed by atoms with E-state index < -0.39 is 0 Å². The van der Waals surface area contributed by atoms with Gasteiger partial charge in [0, 0.05) is 0 Å². The third-order valence-corrected chi connectivity index (χ3v) is 6.03. The molecule has 2 rings (SSSR count). The minimum Gasteiger partial charge on any atom is -0.508 e. The molecule has 0 spiro atoms. The summed E-state index contributed by atoms with van der Waals surface area (Å²) in [6.45, 7) is 9.04. The maximum absolute atomic E-state index is 10.6. The summed E-state index contributed by atoms with van der Waals surface area (Å²) in [4.78, 5) is 0. The SMILES string of the molecule is CCCCCCC(C)(C)c1ccc([C@H]2C[C@H](O)CC[C@@H]2C)c(O)c1. The minimum atomic E-state index is -0.222. The Balaban J connectivity index is 2.10. The first-order valence-corrected chi connectivity index (χ1v) is 9.86. The molecule has 1 fully saturated rings. The molecule has 2 N–H and O–H groups in total. The largest absolute Gasteiger partial charge is 0.508 e. The number of benzene rings is 1. The predicted octanol–water partition coefficient (Wildman–Crippen LogP) is 5.90. The van der Waals surface area contributed by atoms with Crippen LogP contribution in [0.4, 0.5) is 0 Å². The lowest BCUT2D eigenvalue weighted by Crippen LogP contribution is -2.25. The van der Waals surface area contributed by atoms with Crippen LogP contribution < -0.4 is 0 Å². The van der Waals surface area contributed by atoms with Crippen LogP contribution in [0.25, 0.3) is 0 Å². The lowest BCUT2D eigenvalue weighted by Gasteiger charge is -2.33. The van der Waals surface area contributed by atoms with Gasteiger partial charge in [0.25, 0.3) is 0 Å². The molecule has 2 heteroatoms. The molecule has 1 aromatic rings. The van der Waals surface area contributed by atoms with Crippen LogP contribution in [-0.4, -0.2) is 16.3 Å². The summed E-state index contributed by atoms with van der Waals surface area (Å²) >= 11 is 0. The van der Waals surface area contributed by atoms with E-state index in [1.54, 1.807) is 0 Å². The van der Waals surface area contributed by atoms with Gasteiger partial charge >= 0.3 is 0 Å². The lowest BCUT2D eigenvalue weighted by atomic mass is 9.73. The average Bonchev–Trinajstić information content (AvgIpc) is 2.54. The highest BCUT2D eigenvalue weighted by atomic mass is 16.3. The summed E-state index contributed by atoms with van der Waals surface area (Å²) in [5.74, 6) is 1.21. The fourth-order valence-corrected chi connectivity index (χ4v) is 4.15. The first-order valence-electron chi connectivity index (χ1n) is 9.86. The molecule has 0 amide bonds. The molecule has 0 saturated heterocycles. The molecule has 2 nitrogen and oxygen atoms in total. The van der Waals surface area contributed by atoms with Crippen LogP contribution in [0, 0.1) is 5.92 Å². The molecule has 1 aliphatic rings. The van der Waals surface area contributed by atoms with E-state index in [-0.39, 0.29) is 17.4 Å². The lowest BCUT2D eigenvalue weighted by molar-refractivity contribution is 0.0975. The second kappa shape index (κ2) is 8.38. The van der Waals surface area contributed by atoms with Crippen molar-refractivity contribution in [1.29, 1.82) is 0 Å². The maximum atomic E-state index is 10.6. The molecule has 1 aromatic carbocycles. The fraction of sp³-hybridized carbons (Fsp3) is 0.727. The molecule has 1 aliphatic carbocycles. The van der Waals surface area contributed by atoms with E-state index in [1.165, 1.54) is 31.2 Å². The number of aromatic hydroxyl groups is 1. The van der Waals surface area contributed by atoms with E-state index in [0.717, 1.165) is 31.2 Å². The molecule has 1 saturated carbocycles. The Morgan fingerprint density at radius 3 is 2.54 bits per heavy atom. The van der Waals surface area contributed by atoms with Crippen molar-refractivity contribution in [3.8, 4) is 5.75 Å². The van der Waals surface area contributed by atoms with Crippen molar-refractivity contribution in [2.24, 2.45) is 5.92 Å². The van der Waals surface area contributed by atoms with Crippen LogP contribution in [0.5, 0.6) is 5.75 Å². The van der Waals surface area contributed by atoms with Gasteiger partial charge in [-0.2, -0.15) is 0 Å². The molecule has 136 valence electrons. The Bertz CT molecular complexity index is 521. The third kappa shape index (κ3) is 4.75. The van der Waals surface area contributed by atoms with Crippen LogP contribution in [0.1, 0.15) is 96.1 Å². The molecule has 3 atom stereocenters. The number of rotatable bonds is 7. The highest BCUT2D eigenvalue weighted by Crippen LogP contribution is 2.42. The van der Waals surface area contributed by atoms with Gasteiger partial charge in [0.1, 0.15) is 5.75 Å². The summed E-state index contributed by atoms with van der Waals surface area (Å²) < 4.78 is 0. The first kappa shape index (κ1) is 19.3. The van der Waals surface area contributed by atoms with Crippen LogP contribution >= 0.6 is 0 Å². The number of phenolic OH excluding ortho intramolecular Hbond substituents is 1. The normalized spacial score (nSPS) is 25.0. The topological polar surface area (TPSA) is 40.5 Å². The summed E-state index contributed by atoms with van der Waals surface area (Å²) in [6.07, 6.45) is 8.75. The minimum absolute atomic E-state index is 0.0987. The second-order valence-corrected chi connectivity index (χ2v) is 8.52. The Labute approximate surface area is 148 Å². The third-order valence-electron chi connectivity index (χ3n) is 6.03. The zero-order valence-electron chi connectivity index (χ0n) is 16.0. The summed E-state index contributed by atoms with van der Waals surface area (Å²) in [7, 11) is 0. The van der Waals surface area contributed by atoms with Gasteiger partial charge in [0.15, 0.2) is 0 Å². The van der Waals surface area contributed by atoms with E-state index in [2.05, 4.69) is 39.8 Å². The molecule has 0 aliphatic heterocycles. The predicted molar refractivity (Wildman–Crippen MR) is 102 cm³/mol. The molecular weight excluding hydrogens is 296 g/mol. The molecule has 0 aromatic heterocycles. The number of hydrogen-bond acceptors (Lipinski definition) is 2. The monoisotopic (exact) mass is 332 g/mol. The number of unbranched alkanes of at least 4 members (excludes halogenated alkanes) is 3. The molecule has 0 bridgehead atoms. The Kier molecular flexibility index (Phi) is 6.74. The van der Waals surface area contributed by atoms with Gasteiger partial charge in [-0.3, -0.25) is 0 Å². The fourth-order valence-electron chi connectivity index (χ4n) is 4.15. The van der Waals surface area contributed by atoms with Crippen LogP contribution in [0.2, 0.25) is 0 Å². The Hall–Kier alpha value is -1.02. The van der Waals surface area contributed by atoms with E-state index >= 15 is 0 Å². The standard InChI is InChI=1S/C22H36O2/c1-5-6-7-8-13-22(3,4)17-10-12-19(21(24)14-17)20-15-18(23)11-9-16(20)2/h10,12,14,16,18,20,23-24H,5-9,11,13,15H2,1-4H3/t16-,18+,20-/m0/s1. The van der Waals surface area contributed by atoms with E-state index in [0.29, 0.717) is 11.7 Å². The maximum Gasteiger partial charge on any atom is 0.119 e. The first-order chi connectivity index (χ1) is 11.3. The van der Waals surface area contributed by atoms with Crippen LogP contribution in [0.3, 0.4) is 0 Å². The zero-order valence-corrected chi connectivity index (χ0v) is 16.0. The second-order valence-electron chi connectivity index (χ2n) is 8.52. The highest BCUT2D eigenvalue weighted by Gasteiger charge is 2.30. The van der Waals surface area contributed by atoms with Crippen molar-refractivity contribution in [1.82, 2.24) is 0 Å². The molecular formula is C22H36O2. The molecule has 0 unspecified atom stereocenters. The van der Waals surface area contributed by atoms with E-state index in [4.69, 9.17) is 0 Å². The van der Waals surface area contributed by atoms with Crippen molar-refractivity contribution in [2.45, 2.75) is 96.5 Å². The summed E-state index contributed by atoms with van der Waals surface area (Å²) in [5.41, 5.74) is 2.34. The van der Waals surface area contributed by atoms with Crippen molar-refractivity contribution >= 4 is 0 Å². The molecule has 0 radical (unpaired) electrons. The Morgan fingerprint density at radius 2 is 1.88 bits per heavy atom. The van der Waals surface area contributed by atoms with Crippen molar-refractivity contribution in [3.05, 3.63) is 29.3 Å².